The molecule has 0 bridgehead atoms. The average molecular weight is 306 g/mol. The summed E-state index contributed by atoms with van der Waals surface area (Å²) in [5.41, 5.74) is 2.56. The molecule has 0 aliphatic carbocycles. The van der Waals surface area contributed by atoms with Gasteiger partial charge in [-0.25, -0.2) is 0 Å². The van der Waals surface area contributed by atoms with Crippen molar-refractivity contribution in [1.82, 2.24) is 4.90 Å². The minimum atomic E-state index is -0.0461. The lowest BCUT2D eigenvalue weighted by atomic mass is 10.00. The zero-order valence-electron chi connectivity index (χ0n) is 9.73. The van der Waals surface area contributed by atoms with Crippen LogP contribution in [0.3, 0.4) is 0 Å². The third-order valence-corrected chi connectivity index (χ3v) is 3.63. The van der Waals surface area contributed by atoms with Crippen LogP contribution < -0.4 is 0 Å². The Balaban J connectivity index is 1.82. The van der Waals surface area contributed by atoms with E-state index < -0.39 is 0 Å². The van der Waals surface area contributed by atoms with Crippen LogP contribution in [0.2, 0.25) is 0 Å². The van der Waals surface area contributed by atoms with Gasteiger partial charge in [-0.05, 0) is 45.6 Å². The second-order valence-electron chi connectivity index (χ2n) is 4.35. The number of carbonyl (C=O) groups is 1. The van der Waals surface area contributed by atoms with Crippen molar-refractivity contribution in [2.75, 3.05) is 6.54 Å². The van der Waals surface area contributed by atoms with Crippen molar-refractivity contribution in [2.24, 2.45) is 0 Å². The number of rotatable bonds is 1. The molecular formula is C14H12BrNO2. The van der Waals surface area contributed by atoms with E-state index in [0.717, 1.165) is 13.0 Å². The monoisotopic (exact) mass is 305 g/mol. The molecule has 0 N–H and O–H groups in total. The Hall–Kier alpha value is -1.55. The normalized spacial score (nSPS) is 14.4. The van der Waals surface area contributed by atoms with Gasteiger partial charge in [0, 0.05) is 13.1 Å². The van der Waals surface area contributed by atoms with E-state index in [1.807, 2.05) is 17.0 Å². The molecule has 0 saturated heterocycles. The van der Waals surface area contributed by atoms with Crippen molar-refractivity contribution in [3.05, 3.63) is 58.0 Å². The summed E-state index contributed by atoms with van der Waals surface area (Å²) in [6.07, 6.45) is 0.907. The molecule has 0 radical (unpaired) electrons. The van der Waals surface area contributed by atoms with Gasteiger partial charge in [-0.1, -0.05) is 24.3 Å². The van der Waals surface area contributed by atoms with Crippen LogP contribution >= 0.6 is 15.9 Å². The van der Waals surface area contributed by atoms with Crippen molar-refractivity contribution >= 4 is 21.8 Å². The summed E-state index contributed by atoms with van der Waals surface area (Å²) in [6.45, 7) is 1.40. The SMILES string of the molecule is O=C(c1ccc(Br)o1)N1CCc2ccccc2C1. The van der Waals surface area contributed by atoms with Crippen molar-refractivity contribution in [3.8, 4) is 0 Å². The maximum atomic E-state index is 12.2. The van der Waals surface area contributed by atoms with Gasteiger partial charge < -0.3 is 9.32 Å². The Labute approximate surface area is 114 Å². The molecule has 4 heteroatoms. The van der Waals surface area contributed by atoms with Crippen LogP contribution in [0.5, 0.6) is 0 Å². The molecule has 0 fully saturated rings. The van der Waals surface area contributed by atoms with Crippen molar-refractivity contribution < 1.29 is 9.21 Å². The molecule has 0 unspecified atom stereocenters. The first kappa shape index (κ1) is 11.5. The van der Waals surface area contributed by atoms with Crippen molar-refractivity contribution in [3.63, 3.8) is 0 Å². The maximum absolute atomic E-state index is 12.2. The quantitative estimate of drug-likeness (QED) is 0.810. The zero-order chi connectivity index (χ0) is 12.5. The van der Waals surface area contributed by atoms with E-state index in [9.17, 15) is 4.79 Å². The minimum Gasteiger partial charge on any atom is -0.444 e. The van der Waals surface area contributed by atoms with E-state index in [1.165, 1.54) is 11.1 Å². The molecule has 0 spiro atoms. The molecule has 1 aromatic carbocycles. The summed E-state index contributed by atoms with van der Waals surface area (Å²) < 4.78 is 5.90. The highest BCUT2D eigenvalue weighted by molar-refractivity contribution is 9.10. The number of fused-ring (bicyclic) bond motifs is 1. The lowest BCUT2D eigenvalue weighted by molar-refractivity contribution is 0.0701. The Morgan fingerprint density at radius 3 is 2.67 bits per heavy atom. The zero-order valence-corrected chi connectivity index (χ0v) is 11.3. The second-order valence-corrected chi connectivity index (χ2v) is 5.13. The van der Waals surface area contributed by atoms with Gasteiger partial charge in [0.1, 0.15) is 0 Å². The molecule has 1 amide bonds. The topological polar surface area (TPSA) is 33.5 Å². The van der Waals surface area contributed by atoms with Crippen LogP contribution in [0, 0.1) is 0 Å². The van der Waals surface area contributed by atoms with Crippen LogP contribution in [-0.4, -0.2) is 17.4 Å². The molecule has 3 nitrogen and oxygen atoms in total. The highest BCUT2D eigenvalue weighted by Crippen LogP contribution is 2.22. The number of nitrogens with zero attached hydrogens (tertiary/aromatic N) is 1. The van der Waals surface area contributed by atoms with Crippen LogP contribution in [-0.2, 0) is 13.0 Å². The molecular weight excluding hydrogens is 294 g/mol. The van der Waals surface area contributed by atoms with Gasteiger partial charge in [0.25, 0.3) is 5.91 Å². The van der Waals surface area contributed by atoms with Gasteiger partial charge in [-0.2, -0.15) is 0 Å². The van der Waals surface area contributed by atoms with Crippen LogP contribution in [0.1, 0.15) is 21.7 Å². The number of hydrogen-bond acceptors (Lipinski definition) is 2. The fourth-order valence-corrected chi connectivity index (χ4v) is 2.56. The molecule has 1 aliphatic heterocycles. The van der Waals surface area contributed by atoms with Gasteiger partial charge in [-0.3, -0.25) is 4.79 Å². The first-order chi connectivity index (χ1) is 8.74. The van der Waals surface area contributed by atoms with Crippen LogP contribution in [0.25, 0.3) is 0 Å². The molecule has 18 heavy (non-hydrogen) atoms. The predicted molar refractivity (Wildman–Crippen MR) is 71.3 cm³/mol. The molecule has 1 aliphatic rings. The Kier molecular flexibility index (Phi) is 2.96. The van der Waals surface area contributed by atoms with E-state index >= 15 is 0 Å². The fourth-order valence-electron chi connectivity index (χ4n) is 2.25. The van der Waals surface area contributed by atoms with E-state index in [-0.39, 0.29) is 5.91 Å². The Morgan fingerprint density at radius 2 is 1.94 bits per heavy atom. The number of amides is 1. The summed E-state index contributed by atoms with van der Waals surface area (Å²) in [5, 5.41) is 0. The maximum Gasteiger partial charge on any atom is 0.289 e. The highest BCUT2D eigenvalue weighted by atomic mass is 79.9. The number of halogens is 1. The largest absolute Gasteiger partial charge is 0.444 e. The van der Waals surface area contributed by atoms with E-state index in [2.05, 4.69) is 28.1 Å². The van der Waals surface area contributed by atoms with Gasteiger partial charge >= 0.3 is 0 Å². The predicted octanol–water partition coefficient (Wildman–Crippen LogP) is 3.24. The van der Waals surface area contributed by atoms with Gasteiger partial charge in [0.05, 0.1) is 0 Å². The molecule has 0 atom stereocenters. The summed E-state index contributed by atoms with van der Waals surface area (Å²) in [4.78, 5) is 14.1. The third kappa shape index (κ3) is 2.08. The molecule has 92 valence electrons. The highest BCUT2D eigenvalue weighted by Gasteiger charge is 2.23. The number of furan rings is 1. The van der Waals surface area contributed by atoms with Crippen molar-refractivity contribution in [2.45, 2.75) is 13.0 Å². The molecule has 2 aromatic rings. The summed E-state index contributed by atoms with van der Waals surface area (Å²) in [5.74, 6) is 0.344. The third-order valence-electron chi connectivity index (χ3n) is 3.20. The minimum absolute atomic E-state index is 0.0461. The Bertz CT molecular complexity index is 591. The Morgan fingerprint density at radius 1 is 1.17 bits per heavy atom. The van der Waals surface area contributed by atoms with Crippen molar-refractivity contribution in [1.29, 1.82) is 0 Å². The van der Waals surface area contributed by atoms with Crippen LogP contribution in [0.15, 0.2) is 45.5 Å². The standard InChI is InChI=1S/C14H12BrNO2/c15-13-6-5-12(18-13)14(17)16-8-7-10-3-1-2-4-11(10)9-16/h1-6H,7-9H2. The number of carbonyl (C=O) groups excluding carboxylic acids is 1. The molecule has 3 rings (SSSR count). The number of benzene rings is 1. The lowest BCUT2D eigenvalue weighted by Gasteiger charge is -2.28. The van der Waals surface area contributed by atoms with E-state index in [4.69, 9.17) is 4.42 Å². The first-order valence-corrected chi connectivity index (χ1v) is 6.65. The fraction of sp³-hybridized carbons (Fsp3) is 0.214. The average Bonchev–Trinajstić information content (AvgIpc) is 2.84. The lowest BCUT2D eigenvalue weighted by Crippen LogP contribution is -2.35. The summed E-state index contributed by atoms with van der Waals surface area (Å²) >= 11 is 3.21. The second kappa shape index (κ2) is 4.61. The smallest absolute Gasteiger partial charge is 0.289 e. The van der Waals surface area contributed by atoms with E-state index in [0.29, 0.717) is 17.0 Å². The van der Waals surface area contributed by atoms with Gasteiger partial charge in [-0.15, -0.1) is 0 Å². The first-order valence-electron chi connectivity index (χ1n) is 5.85. The molecule has 2 heterocycles. The van der Waals surface area contributed by atoms with Gasteiger partial charge in [0.2, 0.25) is 0 Å². The summed E-state index contributed by atoms with van der Waals surface area (Å²) in [7, 11) is 0. The van der Waals surface area contributed by atoms with Crippen LogP contribution in [0.4, 0.5) is 0 Å². The number of hydrogen-bond donors (Lipinski definition) is 0. The summed E-state index contributed by atoms with van der Waals surface area (Å²) in [6, 6.07) is 11.7. The van der Waals surface area contributed by atoms with E-state index in [1.54, 1.807) is 12.1 Å². The molecule has 1 aromatic heterocycles. The molecule has 0 saturated carbocycles. The van der Waals surface area contributed by atoms with Gasteiger partial charge in [0.15, 0.2) is 10.4 Å².